The fourth-order valence-electron chi connectivity index (χ4n) is 3.08. The highest BCUT2D eigenvalue weighted by Crippen LogP contribution is 2.41. The maximum absolute atomic E-state index is 6.16. The first-order valence-corrected chi connectivity index (χ1v) is 6.34. The normalized spacial score (nSPS) is 33.4. The molecule has 16 heavy (non-hydrogen) atoms. The summed E-state index contributed by atoms with van der Waals surface area (Å²) in [6, 6.07) is 0. The van der Waals surface area contributed by atoms with E-state index in [1.807, 2.05) is 0 Å². The molecule has 3 aliphatic rings. The highest BCUT2D eigenvalue weighted by Gasteiger charge is 2.35. The molecule has 0 aromatic carbocycles. The van der Waals surface area contributed by atoms with Gasteiger partial charge in [-0.25, -0.2) is 0 Å². The van der Waals surface area contributed by atoms with Crippen LogP contribution in [0.4, 0.5) is 0 Å². The number of hydrogen-bond donors (Lipinski definition) is 0. The Morgan fingerprint density at radius 1 is 1.06 bits per heavy atom. The van der Waals surface area contributed by atoms with E-state index in [0.717, 1.165) is 19.3 Å². The van der Waals surface area contributed by atoms with E-state index in [2.05, 4.69) is 18.4 Å². The maximum atomic E-state index is 6.16. The van der Waals surface area contributed by atoms with Gasteiger partial charge in [0.15, 0.2) is 0 Å². The van der Waals surface area contributed by atoms with Crippen LogP contribution < -0.4 is 0 Å². The summed E-state index contributed by atoms with van der Waals surface area (Å²) in [6.45, 7) is 4.11. The van der Waals surface area contributed by atoms with E-state index in [-0.39, 0.29) is 0 Å². The number of hydrogen-bond acceptors (Lipinski definition) is 1. The zero-order chi connectivity index (χ0) is 11.0. The lowest BCUT2D eigenvalue weighted by molar-refractivity contribution is 0.0552. The first-order valence-electron chi connectivity index (χ1n) is 6.34. The largest absolute Gasteiger partial charge is 0.365 e. The fraction of sp³-hybridized carbons (Fsp3) is 0.600. The average Bonchev–Trinajstić information content (AvgIpc) is 2.67. The van der Waals surface area contributed by atoms with Gasteiger partial charge in [-0.15, -0.1) is 0 Å². The zero-order valence-corrected chi connectivity index (χ0v) is 9.72. The molecule has 0 unspecified atom stereocenters. The first kappa shape index (κ1) is 10.2. The van der Waals surface area contributed by atoms with Crippen molar-refractivity contribution in [2.24, 2.45) is 0 Å². The van der Waals surface area contributed by atoms with Crippen molar-refractivity contribution in [2.45, 2.75) is 57.2 Å². The molecule has 0 saturated heterocycles. The third-order valence-electron chi connectivity index (χ3n) is 3.89. The van der Waals surface area contributed by atoms with Gasteiger partial charge in [0.25, 0.3) is 0 Å². The summed E-state index contributed by atoms with van der Waals surface area (Å²) < 4.78 is 6.16. The smallest absolute Gasteiger partial charge is 0.0906 e. The van der Waals surface area contributed by atoms with Crippen LogP contribution >= 0.6 is 0 Å². The second kappa shape index (κ2) is 4.11. The first-order chi connectivity index (χ1) is 7.84. The Hall–Kier alpha value is -1.00. The summed E-state index contributed by atoms with van der Waals surface area (Å²) in [5.74, 6) is 6.45. The molecule has 0 aromatic heterocycles. The molecule has 1 aliphatic carbocycles. The summed E-state index contributed by atoms with van der Waals surface area (Å²) in [5, 5.41) is 0. The lowest BCUT2D eigenvalue weighted by Gasteiger charge is -2.18. The van der Waals surface area contributed by atoms with Crippen LogP contribution in [0.3, 0.4) is 0 Å². The van der Waals surface area contributed by atoms with Crippen LogP contribution in [0.1, 0.15) is 44.9 Å². The molecule has 2 bridgehead atoms. The van der Waals surface area contributed by atoms with Crippen molar-refractivity contribution in [3.05, 3.63) is 23.3 Å². The second-order valence-corrected chi connectivity index (χ2v) is 5.06. The third kappa shape index (κ3) is 1.72. The molecular weight excluding hydrogens is 196 g/mol. The maximum Gasteiger partial charge on any atom is 0.0906 e. The summed E-state index contributed by atoms with van der Waals surface area (Å²) >= 11 is 0. The van der Waals surface area contributed by atoms with Crippen LogP contribution in [-0.4, -0.2) is 12.2 Å². The molecule has 2 aliphatic heterocycles. The van der Waals surface area contributed by atoms with Crippen molar-refractivity contribution in [1.29, 1.82) is 0 Å². The topological polar surface area (TPSA) is 9.23 Å². The van der Waals surface area contributed by atoms with Crippen molar-refractivity contribution in [3.8, 4) is 11.8 Å². The number of fused-ring (bicyclic) bond motifs is 4. The van der Waals surface area contributed by atoms with Crippen LogP contribution in [0.5, 0.6) is 0 Å². The Morgan fingerprint density at radius 2 is 1.81 bits per heavy atom. The Kier molecular flexibility index (Phi) is 2.61. The fourth-order valence-corrected chi connectivity index (χ4v) is 3.08. The van der Waals surface area contributed by atoms with Crippen LogP contribution in [0, 0.1) is 11.8 Å². The highest BCUT2D eigenvalue weighted by molar-refractivity contribution is 5.33. The molecule has 0 radical (unpaired) electrons. The molecule has 0 fully saturated rings. The quantitative estimate of drug-likeness (QED) is 0.444. The Morgan fingerprint density at radius 3 is 2.62 bits per heavy atom. The molecule has 84 valence electrons. The van der Waals surface area contributed by atoms with Gasteiger partial charge in [-0.2, -0.15) is 0 Å². The molecule has 1 nitrogen and oxygen atoms in total. The van der Waals surface area contributed by atoms with Gasteiger partial charge < -0.3 is 4.74 Å². The van der Waals surface area contributed by atoms with E-state index in [9.17, 15) is 0 Å². The number of rotatable bonds is 0. The van der Waals surface area contributed by atoms with E-state index >= 15 is 0 Å². The average molecular weight is 214 g/mol. The van der Waals surface area contributed by atoms with Gasteiger partial charge >= 0.3 is 0 Å². The van der Waals surface area contributed by atoms with Crippen LogP contribution in [-0.2, 0) is 4.74 Å². The van der Waals surface area contributed by atoms with E-state index in [1.54, 1.807) is 11.1 Å². The SMILES string of the molecule is C=C1CC#CC[C@H]2O[C@@H](C1)C1=C2CCCC1. The van der Waals surface area contributed by atoms with E-state index in [0.29, 0.717) is 12.2 Å². The zero-order valence-electron chi connectivity index (χ0n) is 9.72. The molecule has 2 heterocycles. The minimum atomic E-state index is 0.304. The summed E-state index contributed by atoms with van der Waals surface area (Å²) in [4.78, 5) is 0. The summed E-state index contributed by atoms with van der Waals surface area (Å²) in [5.41, 5.74) is 4.42. The lowest BCUT2D eigenvalue weighted by Crippen LogP contribution is -2.14. The second-order valence-electron chi connectivity index (χ2n) is 5.06. The van der Waals surface area contributed by atoms with Gasteiger partial charge in [-0.3, -0.25) is 0 Å². The van der Waals surface area contributed by atoms with Crippen LogP contribution in [0.15, 0.2) is 23.3 Å². The van der Waals surface area contributed by atoms with Gasteiger partial charge in [-0.1, -0.05) is 24.0 Å². The van der Waals surface area contributed by atoms with Crippen molar-refractivity contribution < 1.29 is 4.74 Å². The predicted octanol–water partition coefficient (Wildman–Crippen LogP) is 3.37. The number of ether oxygens (including phenoxy) is 1. The van der Waals surface area contributed by atoms with Gasteiger partial charge in [0.2, 0.25) is 0 Å². The molecule has 0 saturated carbocycles. The lowest BCUT2D eigenvalue weighted by atomic mass is 9.85. The van der Waals surface area contributed by atoms with Crippen molar-refractivity contribution in [1.82, 2.24) is 0 Å². The Balaban J connectivity index is 1.93. The van der Waals surface area contributed by atoms with Crippen molar-refractivity contribution in [3.63, 3.8) is 0 Å². The standard InChI is InChI=1S/C15H18O/c1-11-6-2-5-9-14-12-7-3-4-8-13(12)15(10-11)16-14/h14-15H,1,3-4,6-10H2/t14-,15+/m1/s1. The van der Waals surface area contributed by atoms with Gasteiger partial charge in [0.05, 0.1) is 12.2 Å². The molecule has 0 spiro atoms. The molecule has 3 rings (SSSR count). The molecule has 0 N–H and O–H groups in total. The summed E-state index contributed by atoms with van der Waals surface area (Å²) in [6.07, 6.45) is 8.53. The Bertz CT molecular complexity index is 405. The highest BCUT2D eigenvalue weighted by atomic mass is 16.5. The van der Waals surface area contributed by atoms with Gasteiger partial charge in [0.1, 0.15) is 0 Å². The predicted molar refractivity (Wildman–Crippen MR) is 64.9 cm³/mol. The van der Waals surface area contributed by atoms with Crippen molar-refractivity contribution in [2.75, 3.05) is 0 Å². The minimum Gasteiger partial charge on any atom is -0.365 e. The van der Waals surface area contributed by atoms with E-state index < -0.39 is 0 Å². The molecule has 0 amide bonds. The third-order valence-corrected chi connectivity index (χ3v) is 3.89. The minimum absolute atomic E-state index is 0.304. The van der Waals surface area contributed by atoms with Crippen LogP contribution in [0.2, 0.25) is 0 Å². The monoisotopic (exact) mass is 214 g/mol. The summed E-state index contributed by atoms with van der Waals surface area (Å²) in [7, 11) is 0. The van der Waals surface area contributed by atoms with Crippen LogP contribution in [0.25, 0.3) is 0 Å². The van der Waals surface area contributed by atoms with Gasteiger partial charge in [0, 0.05) is 12.8 Å². The van der Waals surface area contributed by atoms with Crippen molar-refractivity contribution >= 4 is 0 Å². The van der Waals surface area contributed by atoms with E-state index in [4.69, 9.17) is 4.74 Å². The van der Waals surface area contributed by atoms with Gasteiger partial charge in [-0.05, 0) is 43.3 Å². The Labute approximate surface area is 97.6 Å². The molecule has 1 heteroatoms. The van der Waals surface area contributed by atoms with E-state index in [1.165, 1.54) is 31.3 Å². The molecule has 0 aromatic rings. The molecule has 2 atom stereocenters. The molecular formula is C15H18O.